The SMILES string of the molecule is CCNCc1cnn(-c2ccc(Br)cn2)c1C. The number of nitrogens with zero attached hydrogens (tertiary/aromatic N) is 3. The maximum absolute atomic E-state index is 4.37. The minimum absolute atomic E-state index is 0.841. The molecule has 0 saturated carbocycles. The van der Waals surface area contributed by atoms with E-state index in [2.05, 4.69) is 45.2 Å². The van der Waals surface area contributed by atoms with E-state index in [1.54, 1.807) is 6.20 Å². The Morgan fingerprint density at radius 3 is 2.82 bits per heavy atom. The van der Waals surface area contributed by atoms with Gasteiger partial charge in [-0.3, -0.25) is 0 Å². The molecular formula is C12H15BrN4. The Kier molecular flexibility index (Phi) is 3.91. The molecule has 2 aromatic heterocycles. The summed E-state index contributed by atoms with van der Waals surface area (Å²) in [6, 6.07) is 3.91. The number of halogens is 1. The standard InChI is InChI=1S/C12H15BrN4/c1-3-14-6-10-7-16-17(9(10)2)12-5-4-11(13)8-15-12/h4-5,7-8,14H,3,6H2,1-2H3. The van der Waals surface area contributed by atoms with Crippen molar-refractivity contribution < 1.29 is 0 Å². The Labute approximate surface area is 109 Å². The molecule has 0 radical (unpaired) electrons. The van der Waals surface area contributed by atoms with E-state index in [4.69, 9.17) is 0 Å². The number of aromatic nitrogens is 3. The van der Waals surface area contributed by atoms with Gasteiger partial charge in [0.1, 0.15) is 0 Å². The molecule has 0 aliphatic carbocycles. The molecule has 1 N–H and O–H groups in total. The van der Waals surface area contributed by atoms with E-state index in [0.29, 0.717) is 0 Å². The maximum Gasteiger partial charge on any atom is 0.153 e. The van der Waals surface area contributed by atoms with Gasteiger partial charge in [-0.1, -0.05) is 6.92 Å². The Balaban J connectivity index is 2.27. The monoisotopic (exact) mass is 294 g/mol. The minimum atomic E-state index is 0.841. The smallest absolute Gasteiger partial charge is 0.153 e. The first-order valence-electron chi connectivity index (χ1n) is 5.58. The third-order valence-electron chi connectivity index (χ3n) is 2.61. The molecule has 17 heavy (non-hydrogen) atoms. The lowest BCUT2D eigenvalue weighted by atomic mass is 10.2. The van der Waals surface area contributed by atoms with Crippen molar-refractivity contribution in [2.45, 2.75) is 20.4 Å². The fourth-order valence-corrected chi connectivity index (χ4v) is 1.84. The lowest BCUT2D eigenvalue weighted by molar-refractivity contribution is 0.721. The summed E-state index contributed by atoms with van der Waals surface area (Å²) in [6.07, 6.45) is 3.67. The lowest BCUT2D eigenvalue weighted by Crippen LogP contribution is -2.12. The molecule has 5 heteroatoms. The second-order valence-corrected chi connectivity index (χ2v) is 4.70. The molecule has 4 nitrogen and oxygen atoms in total. The molecule has 0 aliphatic rings. The molecule has 0 fully saturated rings. The van der Waals surface area contributed by atoms with Crippen LogP contribution in [0.5, 0.6) is 0 Å². The van der Waals surface area contributed by atoms with Crippen LogP contribution >= 0.6 is 15.9 Å². The van der Waals surface area contributed by atoms with Crippen LogP contribution in [0, 0.1) is 6.92 Å². The van der Waals surface area contributed by atoms with Crippen molar-refractivity contribution in [2.24, 2.45) is 0 Å². The van der Waals surface area contributed by atoms with Gasteiger partial charge in [0, 0.05) is 28.5 Å². The van der Waals surface area contributed by atoms with Gasteiger partial charge in [-0.25, -0.2) is 9.67 Å². The van der Waals surface area contributed by atoms with E-state index in [1.807, 2.05) is 23.0 Å². The molecule has 0 amide bonds. The fraction of sp³-hybridized carbons (Fsp3) is 0.333. The summed E-state index contributed by atoms with van der Waals surface area (Å²) in [5.74, 6) is 0.841. The van der Waals surface area contributed by atoms with Crippen molar-refractivity contribution in [3.8, 4) is 5.82 Å². The highest BCUT2D eigenvalue weighted by Crippen LogP contribution is 2.14. The van der Waals surface area contributed by atoms with E-state index >= 15 is 0 Å². The summed E-state index contributed by atoms with van der Waals surface area (Å²) in [7, 11) is 0. The van der Waals surface area contributed by atoms with Crippen molar-refractivity contribution in [1.29, 1.82) is 0 Å². The van der Waals surface area contributed by atoms with Gasteiger partial charge in [-0.15, -0.1) is 0 Å². The van der Waals surface area contributed by atoms with Gasteiger partial charge >= 0.3 is 0 Å². The number of rotatable bonds is 4. The number of pyridine rings is 1. The van der Waals surface area contributed by atoms with Gasteiger partial charge in [-0.2, -0.15) is 5.10 Å². The van der Waals surface area contributed by atoms with Crippen LogP contribution in [0.4, 0.5) is 0 Å². The van der Waals surface area contributed by atoms with Crippen LogP contribution in [0.3, 0.4) is 0 Å². The summed E-state index contributed by atoms with van der Waals surface area (Å²) in [5.41, 5.74) is 2.33. The van der Waals surface area contributed by atoms with Crippen LogP contribution in [0.2, 0.25) is 0 Å². The summed E-state index contributed by atoms with van der Waals surface area (Å²) < 4.78 is 2.83. The Morgan fingerprint density at radius 1 is 1.35 bits per heavy atom. The first-order chi connectivity index (χ1) is 8.22. The van der Waals surface area contributed by atoms with E-state index < -0.39 is 0 Å². The van der Waals surface area contributed by atoms with E-state index in [0.717, 1.165) is 29.1 Å². The van der Waals surface area contributed by atoms with Gasteiger partial charge < -0.3 is 5.32 Å². The van der Waals surface area contributed by atoms with E-state index in [9.17, 15) is 0 Å². The number of hydrogen-bond donors (Lipinski definition) is 1. The molecule has 0 aromatic carbocycles. The van der Waals surface area contributed by atoms with Crippen molar-refractivity contribution in [1.82, 2.24) is 20.1 Å². The largest absolute Gasteiger partial charge is 0.313 e. The molecule has 90 valence electrons. The summed E-state index contributed by atoms with van der Waals surface area (Å²) in [6.45, 7) is 5.96. The topological polar surface area (TPSA) is 42.7 Å². The molecule has 2 aromatic rings. The highest BCUT2D eigenvalue weighted by molar-refractivity contribution is 9.10. The van der Waals surface area contributed by atoms with Gasteiger partial charge in [0.2, 0.25) is 0 Å². The molecule has 0 bridgehead atoms. The predicted octanol–water partition coefficient (Wildman–Crippen LogP) is 2.45. The van der Waals surface area contributed by atoms with Crippen molar-refractivity contribution in [3.63, 3.8) is 0 Å². The van der Waals surface area contributed by atoms with Crippen molar-refractivity contribution in [3.05, 3.63) is 40.3 Å². The molecule has 2 rings (SSSR count). The molecular weight excluding hydrogens is 280 g/mol. The van der Waals surface area contributed by atoms with Crippen LogP contribution in [-0.2, 0) is 6.54 Å². The van der Waals surface area contributed by atoms with Crippen LogP contribution in [0.1, 0.15) is 18.2 Å². The molecule has 0 spiro atoms. The second kappa shape index (κ2) is 5.42. The van der Waals surface area contributed by atoms with Gasteiger partial charge in [-0.05, 0) is 41.5 Å². The average Bonchev–Trinajstić information content (AvgIpc) is 2.69. The number of nitrogens with one attached hydrogen (secondary N) is 1. The van der Waals surface area contributed by atoms with Crippen LogP contribution in [0.25, 0.3) is 5.82 Å². The minimum Gasteiger partial charge on any atom is -0.313 e. The molecule has 2 heterocycles. The highest BCUT2D eigenvalue weighted by Gasteiger charge is 2.08. The third-order valence-corrected chi connectivity index (χ3v) is 3.07. The normalized spacial score (nSPS) is 10.8. The second-order valence-electron chi connectivity index (χ2n) is 3.78. The zero-order valence-corrected chi connectivity index (χ0v) is 11.5. The molecule has 0 aliphatic heterocycles. The first kappa shape index (κ1) is 12.3. The quantitative estimate of drug-likeness (QED) is 0.942. The predicted molar refractivity (Wildman–Crippen MR) is 71.2 cm³/mol. The Morgan fingerprint density at radius 2 is 2.18 bits per heavy atom. The van der Waals surface area contributed by atoms with Gasteiger partial charge in [0.05, 0.1) is 6.20 Å². The fourth-order valence-electron chi connectivity index (χ4n) is 1.60. The lowest BCUT2D eigenvalue weighted by Gasteiger charge is -2.05. The zero-order chi connectivity index (χ0) is 12.3. The average molecular weight is 295 g/mol. The first-order valence-corrected chi connectivity index (χ1v) is 6.37. The van der Waals surface area contributed by atoms with Crippen molar-refractivity contribution in [2.75, 3.05) is 6.54 Å². The van der Waals surface area contributed by atoms with Crippen LogP contribution < -0.4 is 5.32 Å². The summed E-state index contributed by atoms with van der Waals surface area (Å²) >= 11 is 3.37. The maximum atomic E-state index is 4.37. The zero-order valence-electron chi connectivity index (χ0n) is 9.94. The molecule has 0 saturated heterocycles. The molecule has 0 unspecified atom stereocenters. The van der Waals surface area contributed by atoms with E-state index in [-0.39, 0.29) is 0 Å². The summed E-state index contributed by atoms with van der Waals surface area (Å²) in [5, 5.41) is 7.67. The van der Waals surface area contributed by atoms with Crippen molar-refractivity contribution >= 4 is 15.9 Å². The van der Waals surface area contributed by atoms with Gasteiger partial charge in [0.25, 0.3) is 0 Å². The van der Waals surface area contributed by atoms with Crippen LogP contribution in [-0.4, -0.2) is 21.3 Å². The van der Waals surface area contributed by atoms with Gasteiger partial charge in [0.15, 0.2) is 5.82 Å². The number of hydrogen-bond acceptors (Lipinski definition) is 3. The van der Waals surface area contributed by atoms with Crippen LogP contribution in [0.15, 0.2) is 29.0 Å². The van der Waals surface area contributed by atoms with E-state index in [1.165, 1.54) is 5.56 Å². The Hall–Kier alpha value is -1.20. The Bertz CT molecular complexity index is 490. The third kappa shape index (κ3) is 2.73. The summed E-state index contributed by atoms with van der Waals surface area (Å²) in [4.78, 5) is 4.34. The highest BCUT2D eigenvalue weighted by atomic mass is 79.9. The molecule has 0 atom stereocenters.